The summed E-state index contributed by atoms with van der Waals surface area (Å²) in [6.07, 6.45) is -9.23. The van der Waals surface area contributed by atoms with E-state index in [4.69, 9.17) is 18.6 Å². The number of phenols is 3. The standard InChI is InChI=1S/C23H20O13/c1-8(24)33-20-18(29)21(22(31)32)36-23(19(20)30)35-15-4-9(2-3-11(15)26)14-7-13(28)17-12(27)5-10(25)6-16(17)34-14/h2-7,18-21,23,25-27,29-30H,1H3,(H,31,32)/t18-,19?,20?,21?,23+/m0/s1. The van der Waals surface area contributed by atoms with Crippen LogP contribution in [0.15, 0.2) is 45.6 Å². The summed E-state index contributed by atoms with van der Waals surface area (Å²) in [4.78, 5) is 35.4. The Morgan fingerprint density at radius 2 is 1.69 bits per heavy atom. The Bertz CT molecular complexity index is 1390. The molecule has 3 unspecified atom stereocenters. The molecule has 1 aliphatic heterocycles. The van der Waals surface area contributed by atoms with Crippen LogP contribution in [0.2, 0.25) is 0 Å². The minimum Gasteiger partial charge on any atom is -0.508 e. The van der Waals surface area contributed by atoms with E-state index in [2.05, 4.69) is 0 Å². The summed E-state index contributed by atoms with van der Waals surface area (Å²) in [6.45, 7) is 0.993. The maximum absolute atomic E-state index is 12.5. The summed E-state index contributed by atoms with van der Waals surface area (Å²) in [5.41, 5.74) is -0.590. The van der Waals surface area contributed by atoms with Crippen LogP contribution in [-0.4, -0.2) is 73.3 Å². The van der Waals surface area contributed by atoms with Crippen molar-refractivity contribution in [2.24, 2.45) is 0 Å². The summed E-state index contributed by atoms with van der Waals surface area (Å²) in [5, 5.41) is 59.8. The predicted molar refractivity (Wildman–Crippen MR) is 117 cm³/mol. The molecule has 1 aliphatic rings. The average Bonchev–Trinajstić information content (AvgIpc) is 2.78. The lowest BCUT2D eigenvalue weighted by molar-refractivity contribution is -0.275. The van der Waals surface area contributed by atoms with Crippen molar-refractivity contribution in [3.8, 4) is 34.3 Å². The molecule has 4 rings (SSSR count). The van der Waals surface area contributed by atoms with Gasteiger partial charge in [-0.05, 0) is 18.2 Å². The van der Waals surface area contributed by atoms with Crippen LogP contribution in [0.25, 0.3) is 22.3 Å². The molecule has 13 nitrogen and oxygen atoms in total. The van der Waals surface area contributed by atoms with Crippen LogP contribution in [0, 0.1) is 0 Å². The number of carbonyl (C=O) groups excluding carboxylic acids is 1. The molecule has 1 saturated heterocycles. The van der Waals surface area contributed by atoms with Crippen LogP contribution in [0.4, 0.5) is 0 Å². The van der Waals surface area contributed by atoms with Crippen LogP contribution >= 0.6 is 0 Å². The number of hydrogen-bond acceptors (Lipinski definition) is 12. The van der Waals surface area contributed by atoms with E-state index in [1.54, 1.807) is 0 Å². The zero-order chi connectivity index (χ0) is 26.3. The predicted octanol–water partition coefficient (Wildman–Crippen LogP) is 0.419. The molecule has 1 fully saturated rings. The fourth-order valence-corrected chi connectivity index (χ4v) is 3.75. The molecule has 6 N–H and O–H groups in total. The van der Waals surface area contributed by atoms with Crippen molar-refractivity contribution in [3.63, 3.8) is 0 Å². The van der Waals surface area contributed by atoms with Gasteiger partial charge in [-0.25, -0.2) is 4.79 Å². The first-order valence-electron chi connectivity index (χ1n) is 10.4. The number of hydrogen-bond donors (Lipinski definition) is 6. The van der Waals surface area contributed by atoms with E-state index in [1.165, 1.54) is 12.1 Å². The van der Waals surface area contributed by atoms with Crippen molar-refractivity contribution in [2.75, 3.05) is 0 Å². The van der Waals surface area contributed by atoms with Crippen molar-refractivity contribution in [1.82, 2.24) is 0 Å². The van der Waals surface area contributed by atoms with E-state index in [9.17, 15) is 45.0 Å². The molecule has 0 spiro atoms. The number of carboxylic acids is 1. The second-order valence-electron chi connectivity index (χ2n) is 7.93. The smallest absolute Gasteiger partial charge is 0.335 e. The number of ether oxygens (including phenoxy) is 3. The van der Waals surface area contributed by atoms with Gasteiger partial charge in [0.15, 0.2) is 35.2 Å². The Hall–Kier alpha value is -4.33. The van der Waals surface area contributed by atoms with Gasteiger partial charge in [-0.1, -0.05) is 0 Å². The number of aliphatic hydroxyl groups excluding tert-OH is 2. The topological polar surface area (TPSA) is 213 Å². The lowest BCUT2D eigenvalue weighted by atomic mass is 9.98. The summed E-state index contributed by atoms with van der Waals surface area (Å²) in [7, 11) is 0. The van der Waals surface area contributed by atoms with E-state index in [0.717, 1.165) is 31.2 Å². The zero-order valence-corrected chi connectivity index (χ0v) is 18.4. The Kier molecular flexibility index (Phi) is 6.45. The fourth-order valence-electron chi connectivity index (χ4n) is 3.75. The van der Waals surface area contributed by atoms with Gasteiger partial charge in [0.05, 0.1) is 0 Å². The third-order valence-corrected chi connectivity index (χ3v) is 5.37. The van der Waals surface area contributed by atoms with Gasteiger partial charge < -0.3 is 49.3 Å². The Balaban J connectivity index is 1.70. The third kappa shape index (κ3) is 4.62. The summed E-state index contributed by atoms with van der Waals surface area (Å²) in [6, 6.07) is 6.83. The monoisotopic (exact) mass is 504 g/mol. The molecule has 2 heterocycles. The molecule has 36 heavy (non-hydrogen) atoms. The maximum Gasteiger partial charge on any atom is 0.335 e. The summed E-state index contributed by atoms with van der Waals surface area (Å²) in [5.74, 6) is -4.24. The van der Waals surface area contributed by atoms with Gasteiger partial charge in [-0.3, -0.25) is 9.59 Å². The van der Waals surface area contributed by atoms with Gasteiger partial charge in [0.2, 0.25) is 6.29 Å². The Labute approximate surface area is 200 Å². The molecule has 1 aromatic heterocycles. The van der Waals surface area contributed by atoms with E-state index >= 15 is 0 Å². The molecule has 0 saturated carbocycles. The second kappa shape index (κ2) is 9.37. The highest BCUT2D eigenvalue weighted by atomic mass is 16.7. The number of aliphatic carboxylic acids is 1. The lowest BCUT2D eigenvalue weighted by Crippen LogP contribution is -2.62. The Morgan fingerprint density at radius 1 is 0.972 bits per heavy atom. The molecular formula is C23H20O13. The number of rotatable bonds is 5. The van der Waals surface area contributed by atoms with Crippen molar-refractivity contribution in [1.29, 1.82) is 0 Å². The maximum atomic E-state index is 12.5. The van der Waals surface area contributed by atoms with Gasteiger partial charge in [0, 0.05) is 30.7 Å². The van der Waals surface area contributed by atoms with E-state index < -0.39 is 59.6 Å². The van der Waals surface area contributed by atoms with Gasteiger partial charge in [0.1, 0.15) is 34.3 Å². The second-order valence-corrected chi connectivity index (χ2v) is 7.93. The van der Waals surface area contributed by atoms with Gasteiger partial charge >= 0.3 is 11.9 Å². The molecule has 0 radical (unpaired) electrons. The number of benzene rings is 2. The van der Waals surface area contributed by atoms with Gasteiger partial charge in [-0.15, -0.1) is 0 Å². The molecule has 13 heteroatoms. The highest BCUT2D eigenvalue weighted by Gasteiger charge is 2.50. The summed E-state index contributed by atoms with van der Waals surface area (Å²) >= 11 is 0. The van der Waals surface area contributed by atoms with Gasteiger partial charge in [0.25, 0.3) is 0 Å². The molecule has 2 aromatic carbocycles. The molecule has 190 valence electrons. The van der Waals surface area contributed by atoms with Crippen LogP contribution in [0.5, 0.6) is 23.0 Å². The van der Waals surface area contributed by atoms with E-state index in [0.29, 0.717) is 0 Å². The lowest BCUT2D eigenvalue weighted by Gasteiger charge is -2.40. The number of aliphatic hydroxyl groups is 2. The van der Waals surface area contributed by atoms with Crippen molar-refractivity contribution in [3.05, 3.63) is 46.6 Å². The number of fused-ring (bicyclic) bond motifs is 1. The Morgan fingerprint density at radius 3 is 2.36 bits per heavy atom. The van der Waals surface area contributed by atoms with Crippen molar-refractivity contribution < 1.29 is 58.9 Å². The highest BCUT2D eigenvalue weighted by Crippen LogP contribution is 2.36. The molecule has 3 aromatic rings. The number of phenolic OH excluding ortho intramolecular Hbond substituents is 3. The van der Waals surface area contributed by atoms with Crippen molar-refractivity contribution in [2.45, 2.75) is 37.6 Å². The van der Waals surface area contributed by atoms with Crippen LogP contribution in [0.1, 0.15) is 6.92 Å². The number of carbonyl (C=O) groups is 2. The molecular weight excluding hydrogens is 484 g/mol. The fraction of sp³-hybridized carbons (Fsp3) is 0.261. The van der Waals surface area contributed by atoms with E-state index in [-0.39, 0.29) is 33.8 Å². The SMILES string of the molecule is CC(=O)OC1C(O)[C@H](Oc2cc(-c3cc(=O)c4c(O)cc(O)cc4o3)ccc2O)OC(C(=O)O)[C@H]1O. The zero-order valence-electron chi connectivity index (χ0n) is 18.4. The first kappa shape index (κ1) is 24.8. The minimum absolute atomic E-state index is 0.0518. The molecule has 0 aliphatic carbocycles. The number of aromatic hydroxyl groups is 3. The van der Waals surface area contributed by atoms with E-state index in [1.807, 2.05) is 0 Å². The normalized spacial score (nSPS) is 23.8. The van der Waals surface area contributed by atoms with Gasteiger partial charge in [-0.2, -0.15) is 0 Å². The average molecular weight is 504 g/mol. The summed E-state index contributed by atoms with van der Waals surface area (Å²) < 4.78 is 21.1. The van der Waals surface area contributed by atoms with Crippen LogP contribution in [0.3, 0.4) is 0 Å². The minimum atomic E-state index is -1.94. The quantitative estimate of drug-likeness (QED) is 0.260. The number of esters is 1. The first-order chi connectivity index (χ1) is 17.0. The molecule has 0 bridgehead atoms. The number of carboxylic acid groups (broad SMARTS) is 1. The largest absolute Gasteiger partial charge is 0.508 e. The molecule has 0 amide bonds. The van der Waals surface area contributed by atoms with Crippen LogP contribution in [-0.2, 0) is 19.1 Å². The third-order valence-electron chi connectivity index (χ3n) is 5.37. The first-order valence-corrected chi connectivity index (χ1v) is 10.4. The molecule has 5 atom stereocenters. The van der Waals surface area contributed by atoms with Crippen LogP contribution < -0.4 is 10.2 Å². The van der Waals surface area contributed by atoms with Crippen molar-refractivity contribution >= 4 is 22.9 Å². The highest BCUT2D eigenvalue weighted by molar-refractivity contribution is 5.86.